The van der Waals surface area contributed by atoms with Crippen molar-refractivity contribution in [2.45, 2.75) is 45.6 Å². The van der Waals surface area contributed by atoms with Gasteiger partial charge in [0, 0.05) is 36.4 Å². The Labute approximate surface area is 169 Å². The van der Waals surface area contributed by atoms with Crippen LogP contribution in [0, 0.1) is 6.92 Å². The van der Waals surface area contributed by atoms with E-state index < -0.39 is 0 Å². The fraction of sp³-hybridized carbons (Fsp3) is 0.476. The van der Waals surface area contributed by atoms with Crippen LogP contribution >= 0.6 is 11.3 Å². The summed E-state index contributed by atoms with van der Waals surface area (Å²) in [6.45, 7) is 5.68. The van der Waals surface area contributed by atoms with Crippen molar-refractivity contribution in [1.29, 1.82) is 0 Å². The Morgan fingerprint density at radius 2 is 2.21 bits per heavy atom. The van der Waals surface area contributed by atoms with E-state index in [2.05, 4.69) is 5.32 Å². The van der Waals surface area contributed by atoms with Crippen molar-refractivity contribution in [3.8, 4) is 5.75 Å². The van der Waals surface area contributed by atoms with Crippen molar-refractivity contribution >= 4 is 23.2 Å². The molecule has 0 saturated carbocycles. The predicted octanol–water partition coefficient (Wildman–Crippen LogP) is 3.51. The average Bonchev–Trinajstić information content (AvgIpc) is 3.20. The van der Waals surface area contributed by atoms with Gasteiger partial charge < -0.3 is 15.0 Å². The number of likely N-dealkylation sites (tertiary alicyclic amines) is 1. The van der Waals surface area contributed by atoms with Crippen LogP contribution in [0.4, 0.5) is 0 Å². The van der Waals surface area contributed by atoms with E-state index in [4.69, 9.17) is 9.72 Å². The summed E-state index contributed by atoms with van der Waals surface area (Å²) in [5.41, 5.74) is 2.54. The number of amides is 2. The number of aryl methyl sites for hydroxylation is 1. The lowest BCUT2D eigenvalue weighted by Gasteiger charge is -2.32. The van der Waals surface area contributed by atoms with Crippen LogP contribution in [0.15, 0.2) is 23.6 Å². The SMILES string of the molecule is CCC(=O)NCc1csc(C2CCCN(C(=O)c3ccc(OC)cc3C)C2)n1. The molecule has 0 spiro atoms. The van der Waals surface area contributed by atoms with E-state index in [1.807, 2.05) is 42.3 Å². The lowest BCUT2D eigenvalue weighted by atomic mass is 9.97. The molecule has 1 unspecified atom stereocenters. The first-order chi connectivity index (χ1) is 13.5. The van der Waals surface area contributed by atoms with Gasteiger partial charge in [0.1, 0.15) is 5.75 Å². The summed E-state index contributed by atoms with van der Waals surface area (Å²) in [7, 11) is 1.63. The van der Waals surface area contributed by atoms with Crippen molar-refractivity contribution in [1.82, 2.24) is 15.2 Å². The summed E-state index contributed by atoms with van der Waals surface area (Å²) >= 11 is 1.62. The minimum Gasteiger partial charge on any atom is -0.497 e. The van der Waals surface area contributed by atoms with Crippen LogP contribution in [0.5, 0.6) is 5.75 Å². The van der Waals surface area contributed by atoms with Gasteiger partial charge >= 0.3 is 0 Å². The zero-order valence-corrected chi connectivity index (χ0v) is 17.5. The highest BCUT2D eigenvalue weighted by Gasteiger charge is 2.28. The molecule has 1 fully saturated rings. The molecule has 0 radical (unpaired) electrons. The van der Waals surface area contributed by atoms with E-state index in [-0.39, 0.29) is 17.7 Å². The van der Waals surface area contributed by atoms with Crippen LogP contribution in [-0.2, 0) is 11.3 Å². The summed E-state index contributed by atoms with van der Waals surface area (Å²) in [5, 5.41) is 5.91. The van der Waals surface area contributed by atoms with Gasteiger partial charge in [0.25, 0.3) is 5.91 Å². The Balaban J connectivity index is 1.66. The molecule has 2 heterocycles. The number of hydrogen-bond donors (Lipinski definition) is 1. The van der Waals surface area contributed by atoms with Gasteiger partial charge in [-0.2, -0.15) is 0 Å². The number of methoxy groups -OCH3 is 1. The summed E-state index contributed by atoms with van der Waals surface area (Å²) in [5.74, 6) is 1.10. The number of rotatable bonds is 6. The molecule has 1 aliphatic heterocycles. The molecule has 2 amide bonds. The molecule has 1 N–H and O–H groups in total. The monoisotopic (exact) mass is 401 g/mol. The summed E-state index contributed by atoms with van der Waals surface area (Å²) in [6, 6.07) is 5.57. The normalized spacial score (nSPS) is 16.7. The fourth-order valence-corrected chi connectivity index (χ4v) is 4.39. The Kier molecular flexibility index (Phi) is 6.67. The quantitative estimate of drug-likeness (QED) is 0.804. The maximum Gasteiger partial charge on any atom is 0.254 e. The van der Waals surface area contributed by atoms with Crippen molar-refractivity contribution in [3.63, 3.8) is 0 Å². The van der Waals surface area contributed by atoms with Crippen LogP contribution in [0.1, 0.15) is 58.7 Å². The molecule has 2 aromatic rings. The first kappa shape index (κ1) is 20.3. The highest BCUT2D eigenvalue weighted by molar-refractivity contribution is 7.09. The third-order valence-corrected chi connectivity index (χ3v) is 6.14. The van der Waals surface area contributed by atoms with Crippen LogP contribution in [0.2, 0.25) is 0 Å². The van der Waals surface area contributed by atoms with Crippen molar-refractivity contribution in [2.24, 2.45) is 0 Å². The van der Waals surface area contributed by atoms with E-state index in [0.29, 0.717) is 19.5 Å². The molecule has 150 valence electrons. The maximum absolute atomic E-state index is 13.0. The fourth-order valence-electron chi connectivity index (χ4n) is 3.44. The Hall–Kier alpha value is -2.41. The zero-order chi connectivity index (χ0) is 20.1. The summed E-state index contributed by atoms with van der Waals surface area (Å²) < 4.78 is 5.24. The maximum atomic E-state index is 13.0. The molecule has 1 saturated heterocycles. The number of aromatic nitrogens is 1. The number of benzene rings is 1. The van der Waals surface area contributed by atoms with Crippen LogP contribution < -0.4 is 10.1 Å². The molecule has 0 bridgehead atoms. The number of carbonyl (C=O) groups excluding carboxylic acids is 2. The Morgan fingerprint density at radius 3 is 2.93 bits per heavy atom. The largest absolute Gasteiger partial charge is 0.497 e. The predicted molar refractivity (Wildman–Crippen MR) is 110 cm³/mol. The first-order valence-electron chi connectivity index (χ1n) is 9.66. The van der Waals surface area contributed by atoms with E-state index in [9.17, 15) is 9.59 Å². The molecular weight excluding hydrogens is 374 g/mol. The number of thiazole rings is 1. The average molecular weight is 402 g/mol. The highest BCUT2D eigenvalue weighted by atomic mass is 32.1. The van der Waals surface area contributed by atoms with Gasteiger partial charge in [0.2, 0.25) is 5.91 Å². The van der Waals surface area contributed by atoms with Crippen molar-refractivity contribution < 1.29 is 14.3 Å². The van der Waals surface area contributed by atoms with E-state index in [0.717, 1.165) is 47.0 Å². The minimum absolute atomic E-state index is 0.0267. The van der Waals surface area contributed by atoms with Gasteiger partial charge in [-0.15, -0.1) is 11.3 Å². The van der Waals surface area contributed by atoms with E-state index in [1.54, 1.807) is 18.4 Å². The summed E-state index contributed by atoms with van der Waals surface area (Å²) in [4.78, 5) is 31.1. The standard InChI is InChI=1S/C21H27N3O3S/c1-4-19(25)22-11-16-13-28-20(23-16)15-6-5-9-24(12-15)21(26)18-8-7-17(27-3)10-14(18)2/h7-8,10,13,15H,4-6,9,11-12H2,1-3H3,(H,22,25). The zero-order valence-electron chi connectivity index (χ0n) is 16.7. The highest BCUT2D eigenvalue weighted by Crippen LogP contribution is 2.30. The molecule has 1 aliphatic rings. The van der Waals surface area contributed by atoms with E-state index in [1.165, 1.54) is 0 Å². The van der Waals surface area contributed by atoms with Crippen LogP contribution in [-0.4, -0.2) is 41.9 Å². The van der Waals surface area contributed by atoms with Gasteiger partial charge in [0.05, 0.1) is 24.4 Å². The number of carbonyl (C=O) groups is 2. The van der Waals surface area contributed by atoms with Gasteiger partial charge in [-0.3, -0.25) is 9.59 Å². The van der Waals surface area contributed by atoms with Crippen molar-refractivity contribution in [2.75, 3.05) is 20.2 Å². The summed E-state index contributed by atoms with van der Waals surface area (Å²) in [6.07, 6.45) is 2.47. The molecule has 6 nitrogen and oxygen atoms in total. The number of nitrogens with one attached hydrogen (secondary N) is 1. The van der Waals surface area contributed by atoms with Gasteiger partial charge in [-0.1, -0.05) is 6.92 Å². The van der Waals surface area contributed by atoms with Gasteiger partial charge in [-0.25, -0.2) is 4.98 Å². The number of nitrogens with zero attached hydrogens (tertiary/aromatic N) is 2. The third-order valence-electron chi connectivity index (χ3n) is 5.08. The molecule has 1 aromatic carbocycles. The van der Waals surface area contributed by atoms with Gasteiger partial charge in [-0.05, 0) is 43.5 Å². The lowest BCUT2D eigenvalue weighted by Crippen LogP contribution is -2.39. The first-order valence-corrected chi connectivity index (χ1v) is 10.5. The number of piperidine rings is 1. The molecule has 1 atom stereocenters. The topological polar surface area (TPSA) is 71.5 Å². The Morgan fingerprint density at radius 1 is 1.39 bits per heavy atom. The molecular formula is C21H27N3O3S. The van der Waals surface area contributed by atoms with Crippen molar-refractivity contribution in [3.05, 3.63) is 45.4 Å². The molecule has 3 rings (SSSR count). The molecule has 1 aromatic heterocycles. The third kappa shape index (κ3) is 4.70. The van der Waals surface area contributed by atoms with Crippen LogP contribution in [0.25, 0.3) is 0 Å². The van der Waals surface area contributed by atoms with Gasteiger partial charge in [0.15, 0.2) is 0 Å². The number of hydrogen-bond acceptors (Lipinski definition) is 5. The second-order valence-electron chi connectivity index (χ2n) is 7.08. The van der Waals surface area contributed by atoms with E-state index >= 15 is 0 Å². The second-order valence-corrected chi connectivity index (χ2v) is 7.97. The molecule has 28 heavy (non-hydrogen) atoms. The smallest absolute Gasteiger partial charge is 0.254 e. The number of ether oxygens (including phenoxy) is 1. The Bertz CT molecular complexity index is 849. The molecule has 0 aliphatic carbocycles. The molecule has 7 heteroatoms. The van der Waals surface area contributed by atoms with Crippen LogP contribution in [0.3, 0.4) is 0 Å². The second kappa shape index (κ2) is 9.19. The minimum atomic E-state index is 0.0267. The lowest BCUT2D eigenvalue weighted by molar-refractivity contribution is -0.120.